The van der Waals surface area contributed by atoms with Gasteiger partial charge in [0, 0.05) is 6.42 Å². The first-order valence-corrected chi connectivity index (χ1v) is 4.11. The topological polar surface area (TPSA) is 93.6 Å². The summed E-state index contributed by atoms with van der Waals surface area (Å²) in [6, 6.07) is 3.61. The molecule has 68 valence electrons. The molecule has 5 N–H and O–H groups in total. The molecule has 0 aromatic carbocycles. The highest BCUT2D eigenvalue weighted by atomic mass is 15.0. The maximum Gasteiger partial charge on any atom is 0.179 e. The SMILES string of the molecule is NCCc1nc2nc(N)ccc2[nH]1. The highest BCUT2D eigenvalue weighted by molar-refractivity contribution is 5.72. The summed E-state index contributed by atoms with van der Waals surface area (Å²) in [7, 11) is 0. The number of hydrogen-bond donors (Lipinski definition) is 3. The smallest absolute Gasteiger partial charge is 0.179 e. The van der Waals surface area contributed by atoms with E-state index >= 15 is 0 Å². The average Bonchev–Trinajstić information content (AvgIpc) is 2.46. The molecule has 0 aliphatic carbocycles. The molecule has 0 aliphatic heterocycles. The Bertz CT molecular complexity index is 419. The van der Waals surface area contributed by atoms with E-state index in [1.165, 1.54) is 0 Å². The number of fused-ring (bicyclic) bond motifs is 1. The standard InChI is InChI=1S/C8H11N5/c9-4-3-7-11-5-1-2-6(10)12-8(5)13-7/h1-2H,3-4,9H2,(H3,10,11,12,13). The predicted molar refractivity (Wildman–Crippen MR) is 51.1 cm³/mol. The van der Waals surface area contributed by atoms with Crippen molar-refractivity contribution in [1.29, 1.82) is 0 Å². The second kappa shape index (κ2) is 3.02. The second-order valence-electron chi connectivity index (χ2n) is 2.83. The lowest BCUT2D eigenvalue weighted by molar-refractivity contribution is 0.899. The lowest BCUT2D eigenvalue weighted by atomic mass is 10.4. The molecule has 0 atom stereocenters. The molecule has 0 saturated carbocycles. The monoisotopic (exact) mass is 177 g/mol. The molecule has 0 fully saturated rings. The molecule has 0 spiro atoms. The first-order chi connectivity index (χ1) is 6.29. The predicted octanol–water partition coefficient (Wildman–Crippen LogP) is 0.0413. The van der Waals surface area contributed by atoms with Gasteiger partial charge in [0.2, 0.25) is 0 Å². The number of nitrogens with zero attached hydrogens (tertiary/aromatic N) is 2. The maximum atomic E-state index is 5.52. The molecular weight excluding hydrogens is 166 g/mol. The van der Waals surface area contributed by atoms with Gasteiger partial charge < -0.3 is 16.5 Å². The van der Waals surface area contributed by atoms with E-state index in [2.05, 4.69) is 15.0 Å². The Hall–Kier alpha value is -1.62. The van der Waals surface area contributed by atoms with Crippen LogP contribution in [0.2, 0.25) is 0 Å². The Morgan fingerprint density at radius 3 is 2.92 bits per heavy atom. The average molecular weight is 177 g/mol. The normalized spacial score (nSPS) is 10.8. The van der Waals surface area contributed by atoms with Crippen LogP contribution in [-0.4, -0.2) is 21.5 Å². The number of hydrogen-bond acceptors (Lipinski definition) is 4. The Kier molecular flexibility index (Phi) is 1.86. The Balaban J connectivity index is 2.49. The molecule has 0 aliphatic rings. The van der Waals surface area contributed by atoms with Gasteiger partial charge in [0.25, 0.3) is 0 Å². The fourth-order valence-electron chi connectivity index (χ4n) is 1.21. The van der Waals surface area contributed by atoms with E-state index in [0.717, 1.165) is 17.8 Å². The summed E-state index contributed by atoms with van der Waals surface area (Å²) in [5.74, 6) is 1.34. The van der Waals surface area contributed by atoms with Crippen molar-refractivity contribution in [3.63, 3.8) is 0 Å². The van der Waals surface area contributed by atoms with Crippen molar-refractivity contribution in [3.8, 4) is 0 Å². The molecule has 2 rings (SSSR count). The Morgan fingerprint density at radius 2 is 2.15 bits per heavy atom. The minimum atomic E-state index is 0.485. The number of anilines is 1. The molecule has 0 radical (unpaired) electrons. The van der Waals surface area contributed by atoms with Gasteiger partial charge in [-0.15, -0.1) is 0 Å². The third-order valence-electron chi connectivity index (χ3n) is 1.80. The fraction of sp³-hybridized carbons (Fsp3) is 0.250. The molecule has 0 unspecified atom stereocenters. The minimum Gasteiger partial charge on any atom is -0.384 e. The Labute approximate surface area is 75.2 Å². The minimum absolute atomic E-state index is 0.485. The maximum absolute atomic E-state index is 5.52. The number of aromatic amines is 1. The number of imidazole rings is 1. The molecule has 5 nitrogen and oxygen atoms in total. The van der Waals surface area contributed by atoms with Gasteiger partial charge in [-0.05, 0) is 18.7 Å². The van der Waals surface area contributed by atoms with Crippen LogP contribution in [0.25, 0.3) is 11.2 Å². The van der Waals surface area contributed by atoms with Gasteiger partial charge in [-0.25, -0.2) is 9.97 Å². The van der Waals surface area contributed by atoms with Crippen molar-refractivity contribution in [2.24, 2.45) is 5.73 Å². The van der Waals surface area contributed by atoms with Crippen LogP contribution in [0.1, 0.15) is 5.82 Å². The van der Waals surface area contributed by atoms with E-state index in [1.54, 1.807) is 6.07 Å². The van der Waals surface area contributed by atoms with Gasteiger partial charge in [-0.1, -0.05) is 0 Å². The van der Waals surface area contributed by atoms with Crippen LogP contribution < -0.4 is 11.5 Å². The van der Waals surface area contributed by atoms with E-state index in [4.69, 9.17) is 11.5 Å². The first kappa shape index (κ1) is 8.00. The number of H-pyrrole nitrogens is 1. The summed E-state index contributed by atoms with van der Waals surface area (Å²) < 4.78 is 0. The number of rotatable bonds is 2. The third-order valence-corrected chi connectivity index (χ3v) is 1.80. The van der Waals surface area contributed by atoms with Crippen molar-refractivity contribution in [2.75, 3.05) is 12.3 Å². The number of nitrogens with two attached hydrogens (primary N) is 2. The zero-order valence-corrected chi connectivity index (χ0v) is 7.12. The van der Waals surface area contributed by atoms with Crippen LogP contribution >= 0.6 is 0 Å². The van der Waals surface area contributed by atoms with Gasteiger partial charge in [0.15, 0.2) is 5.65 Å². The van der Waals surface area contributed by atoms with Gasteiger partial charge in [0.1, 0.15) is 11.6 Å². The number of nitrogen functional groups attached to an aromatic ring is 1. The summed E-state index contributed by atoms with van der Waals surface area (Å²) in [5, 5.41) is 0. The molecule has 0 saturated heterocycles. The lowest BCUT2D eigenvalue weighted by Crippen LogP contribution is -2.03. The molecule has 13 heavy (non-hydrogen) atoms. The summed E-state index contributed by atoms with van der Waals surface area (Å²) >= 11 is 0. The number of aromatic nitrogens is 3. The Morgan fingerprint density at radius 1 is 1.31 bits per heavy atom. The highest BCUT2D eigenvalue weighted by Gasteiger charge is 2.02. The van der Waals surface area contributed by atoms with Crippen LogP contribution in [0.15, 0.2) is 12.1 Å². The molecule has 0 bridgehead atoms. The molecule has 5 heteroatoms. The summed E-state index contributed by atoms with van der Waals surface area (Å²) in [5.41, 5.74) is 12.5. The first-order valence-electron chi connectivity index (χ1n) is 4.11. The molecule has 2 heterocycles. The largest absolute Gasteiger partial charge is 0.384 e. The van der Waals surface area contributed by atoms with Crippen molar-refractivity contribution in [3.05, 3.63) is 18.0 Å². The van der Waals surface area contributed by atoms with E-state index in [-0.39, 0.29) is 0 Å². The zero-order chi connectivity index (χ0) is 9.26. The highest BCUT2D eigenvalue weighted by Crippen LogP contribution is 2.10. The van der Waals surface area contributed by atoms with Crippen molar-refractivity contribution < 1.29 is 0 Å². The summed E-state index contributed by atoms with van der Waals surface area (Å²) in [4.78, 5) is 11.4. The van der Waals surface area contributed by atoms with E-state index in [0.29, 0.717) is 18.0 Å². The lowest BCUT2D eigenvalue weighted by Gasteiger charge is -1.88. The van der Waals surface area contributed by atoms with Gasteiger partial charge in [-0.3, -0.25) is 0 Å². The molecule has 2 aromatic rings. The van der Waals surface area contributed by atoms with Crippen molar-refractivity contribution >= 4 is 17.0 Å². The van der Waals surface area contributed by atoms with Crippen LogP contribution in [0.5, 0.6) is 0 Å². The van der Waals surface area contributed by atoms with E-state index in [9.17, 15) is 0 Å². The van der Waals surface area contributed by atoms with Gasteiger partial charge >= 0.3 is 0 Å². The third kappa shape index (κ3) is 1.46. The summed E-state index contributed by atoms with van der Waals surface area (Å²) in [6.07, 6.45) is 0.732. The molecular formula is C8H11N5. The van der Waals surface area contributed by atoms with E-state index < -0.39 is 0 Å². The van der Waals surface area contributed by atoms with Crippen LogP contribution in [0.3, 0.4) is 0 Å². The van der Waals surface area contributed by atoms with Crippen LogP contribution in [-0.2, 0) is 6.42 Å². The van der Waals surface area contributed by atoms with Gasteiger partial charge in [0.05, 0.1) is 5.52 Å². The van der Waals surface area contributed by atoms with Crippen LogP contribution in [0.4, 0.5) is 5.82 Å². The fourth-order valence-corrected chi connectivity index (χ4v) is 1.21. The molecule has 0 amide bonds. The van der Waals surface area contributed by atoms with Crippen molar-refractivity contribution in [1.82, 2.24) is 15.0 Å². The second-order valence-corrected chi connectivity index (χ2v) is 2.83. The van der Waals surface area contributed by atoms with Crippen LogP contribution in [0, 0.1) is 0 Å². The quantitative estimate of drug-likeness (QED) is 0.603. The zero-order valence-electron chi connectivity index (χ0n) is 7.12. The van der Waals surface area contributed by atoms with Crippen molar-refractivity contribution in [2.45, 2.75) is 6.42 Å². The number of pyridine rings is 1. The summed E-state index contributed by atoms with van der Waals surface area (Å²) in [6.45, 7) is 0.579. The van der Waals surface area contributed by atoms with E-state index in [1.807, 2.05) is 6.07 Å². The molecule has 2 aromatic heterocycles. The van der Waals surface area contributed by atoms with Gasteiger partial charge in [-0.2, -0.15) is 0 Å². The number of nitrogens with one attached hydrogen (secondary N) is 1.